The second-order valence-electron chi connectivity index (χ2n) is 9.94. The molecule has 6 rings (SSSR count). The van der Waals surface area contributed by atoms with Gasteiger partial charge in [0.2, 0.25) is 5.91 Å². The Morgan fingerprint density at radius 3 is 2.31 bits per heavy atom. The lowest BCUT2D eigenvalue weighted by Crippen LogP contribution is -2.49. The van der Waals surface area contributed by atoms with Crippen LogP contribution in [0.2, 0.25) is 0 Å². The first-order valence-corrected chi connectivity index (χ1v) is 12.3. The molecule has 2 bridgehead atoms. The molecule has 3 aliphatic heterocycles. The van der Waals surface area contributed by atoms with Crippen molar-refractivity contribution in [3.63, 3.8) is 0 Å². The average molecular weight is 477 g/mol. The van der Waals surface area contributed by atoms with Crippen LogP contribution in [0.5, 0.6) is 0 Å². The van der Waals surface area contributed by atoms with E-state index in [1.54, 1.807) is 4.90 Å². The summed E-state index contributed by atoms with van der Waals surface area (Å²) in [5.41, 5.74) is 4.59. The largest absolute Gasteiger partial charge is 0.481 e. The summed E-state index contributed by atoms with van der Waals surface area (Å²) in [7, 11) is 0. The van der Waals surface area contributed by atoms with Crippen LogP contribution >= 0.6 is 0 Å². The molecule has 182 valence electrons. The smallest absolute Gasteiger partial charge is 0.407 e. The maximum atomic E-state index is 13.4. The van der Waals surface area contributed by atoms with E-state index in [4.69, 9.17) is 9.47 Å². The van der Waals surface area contributed by atoms with E-state index in [1.165, 1.54) is 0 Å². The quantitative estimate of drug-likeness (QED) is 0.688. The van der Waals surface area contributed by atoms with E-state index in [0.717, 1.165) is 28.7 Å². The number of carboxylic acids is 1. The summed E-state index contributed by atoms with van der Waals surface area (Å²) in [4.78, 5) is 39.5. The fourth-order valence-corrected chi connectivity index (χ4v) is 6.52. The van der Waals surface area contributed by atoms with Crippen LogP contribution in [0.1, 0.15) is 36.3 Å². The molecule has 8 heteroatoms. The maximum Gasteiger partial charge on any atom is 0.407 e. The maximum absolute atomic E-state index is 13.4. The number of carbonyl (C=O) groups excluding carboxylic acids is 2. The third kappa shape index (κ3) is 3.67. The number of hydrogen-bond acceptors (Lipinski definition) is 5. The summed E-state index contributed by atoms with van der Waals surface area (Å²) < 4.78 is 11.2. The van der Waals surface area contributed by atoms with E-state index >= 15 is 0 Å². The third-order valence-corrected chi connectivity index (χ3v) is 8.15. The summed E-state index contributed by atoms with van der Waals surface area (Å²) >= 11 is 0. The Labute approximate surface area is 203 Å². The Hall–Kier alpha value is -3.39. The number of benzene rings is 2. The number of carbonyl (C=O) groups is 3. The number of nitrogens with zero attached hydrogens (tertiary/aromatic N) is 1. The molecule has 2 amide bonds. The lowest BCUT2D eigenvalue weighted by molar-refractivity contribution is -0.143. The highest BCUT2D eigenvalue weighted by Crippen LogP contribution is 2.45. The molecule has 5 atom stereocenters. The summed E-state index contributed by atoms with van der Waals surface area (Å²) in [6, 6.07) is 15.5. The number of amides is 2. The second-order valence-corrected chi connectivity index (χ2v) is 9.94. The zero-order chi connectivity index (χ0) is 24.1. The van der Waals surface area contributed by atoms with Crippen LogP contribution in [0, 0.1) is 11.8 Å². The number of nitrogens with one attached hydrogen (secondary N) is 1. The van der Waals surface area contributed by atoms with Gasteiger partial charge in [0.15, 0.2) is 0 Å². The van der Waals surface area contributed by atoms with Crippen molar-refractivity contribution in [2.45, 2.75) is 43.3 Å². The van der Waals surface area contributed by atoms with Gasteiger partial charge in [-0.05, 0) is 41.5 Å². The van der Waals surface area contributed by atoms with Gasteiger partial charge in [0.1, 0.15) is 6.61 Å². The molecule has 1 aliphatic carbocycles. The number of rotatable bonds is 5. The fourth-order valence-electron chi connectivity index (χ4n) is 6.52. The van der Waals surface area contributed by atoms with Crippen LogP contribution in [-0.2, 0) is 19.1 Å². The first-order valence-electron chi connectivity index (χ1n) is 12.3. The molecule has 35 heavy (non-hydrogen) atoms. The van der Waals surface area contributed by atoms with E-state index in [9.17, 15) is 19.5 Å². The van der Waals surface area contributed by atoms with E-state index in [0.29, 0.717) is 12.8 Å². The van der Waals surface area contributed by atoms with Crippen LogP contribution in [0.25, 0.3) is 11.1 Å². The van der Waals surface area contributed by atoms with Crippen molar-refractivity contribution in [3.05, 3.63) is 59.7 Å². The molecule has 3 heterocycles. The molecule has 0 aromatic heterocycles. The van der Waals surface area contributed by atoms with Gasteiger partial charge < -0.3 is 24.8 Å². The van der Waals surface area contributed by atoms with Gasteiger partial charge in [0.05, 0.1) is 31.1 Å². The van der Waals surface area contributed by atoms with E-state index in [-0.39, 0.29) is 43.7 Å². The van der Waals surface area contributed by atoms with E-state index in [1.807, 2.05) is 24.3 Å². The minimum Gasteiger partial charge on any atom is -0.481 e. The van der Waals surface area contributed by atoms with Crippen molar-refractivity contribution < 1.29 is 29.0 Å². The monoisotopic (exact) mass is 476 g/mol. The lowest BCUT2D eigenvalue weighted by Gasteiger charge is -2.28. The van der Waals surface area contributed by atoms with Crippen molar-refractivity contribution in [1.82, 2.24) is 10.2 Å². The molecule has 2 aromatic rings. The Balaban J connectivity index is 1.10. The van der Waals surface area contributed by atoms with Crippen LogP contribution in [0.4, 0.5) is 4.79 Å². The molecule has 8 nitrogen and oxygen atoms in total. The van der Waals surface area contributed by atoms with Gasteiger partial charge in [-0.15, -0.1) is 0 Å². The molecule has 0 saturated carbocycles. The topological polar surface area (TPSA) is 105 Å². The van der Waals surface area contributed by atoms with Gasteiger partial charge in [-0.2, -0.15) is 0 Å². The fraction of sp³-hybridized carbons (Fsp3) is 0.444. The molecule has 2 aromatic carbocycles. The number of hydrogen-bond donors (Lipinski definition) is 2. The molecule has 2 unspecified atom stereocenters. The van der Waals surface area contributed by atoms with E-state index in [2.05, 4.69) is 29.6 Å². The SMILES string of the molecule is O=C(NC1COCC1C(=O)N1[C@H]2CC[C@@H]1[C@H](C(=O)O)C2)OCC1c2ccccc2-c2ccccc21. The number of ether oxygens (including phenoxy) is 2. The van der Waals surface area contributed by atoms with Crippen molar-refractivity contribution in [1.29, 1.82) is 0 Å². The normalized spacial score (nSPS) is 28.6. The van der Waals surface area contributed by atoms with Crippen LogP contribution in [-0.4, -0.2) is 65.9 Å². The highest BCUT2D eigenvalue weighted by atomic mass is 16.5. The Morgan fingerprint density at radius 1 is 0.971 bits per heavy atom. The summed E-state index contributed by atoms with van der Waals surface area (Å²) in [5.74, 6) is -2.05. The Bertz CT molecular complexity index is 1140. The van der Waals surface area contributed by atoms with Crippen molar-refractivity contribution in [3.8, 4) is 11.1 Å². The van der Waals surface area contributed by atoms with Gasteiger partial charge in [-0.3, -0.25) is 9.59 Å². The minimum absolute atomic E-state index is 0.0377. The molecule has 3 saturated heterocycles. The minimum atomic E-state index is -0.842. The zero-order valence-electron chi connectivity index (χ0n) is 19.3. The molecule has 2 N–H and O–H groups in total. The van der Waals surface area contributed by atoms with Gasteiger partial charge in [0, 0.05) is 18.0 Å². The number of alkyl carbamates (subject to hydrolysis) is 1. The summed E-state index contributed by atoms with van der Waals surface area (Å²) in [6.07, 6.45) is 1.47. The molecular formula is C27H28N2O6. The predicted octanol–water partition coefficient (Wildman–Crippen LogP) is 3.00. The molecule has 0 spiro atoms. The van der Waals surface area contributed by atoms with Gasteiger partial charge in [-0.25, -0.2) is 4.79 Å². The highest BCUT2D eigenvalue weighted by molar-refractivity contribution is 5.84. The van der Waals surface area contributed by atoms with Crippen LogP contribution in [0.3, 0.4) is 0 Å². The summed E-state index contributed by atoms with van der Waals surface area (Å²) in [6.45, 7) is 0.635. The number of fused-ring (bicyclic) bond motifs is 5. The first-order chi connectivity index (χ1) is 17.0. The van der Waals surface area contributed by atoms with Crippen molar-refractivity contribution in [2.24, 2.45) is 11.8 Å². The van der Waals surface area contributed by atoms with Gasteiger partial charge in [-0.1, -0.05) is 48.5 Å². The Morgan fingerprint density at radius 2 is 1.66 bits per heavy atom. The molecule has 3 fully saturated rings. The number of carboxylic acid groups (broad SMARTS) is 1. The Kier molecular flexibility index (Phi) is 5.48. The van der Waals surface area contributed by atoms with Crippen LogP contribution < -0.4 is 5.32 Å². The molecular weight excluding hydrogens is 448 g/mol. The van der Waals surface area contributed by atoms with E-state index < -0.39 is 29.9 Å². The first kappa shape index (κ1) is 22.1. The third-order valence-electron chi connectivity index (χ3n) is 8.15. The van der Waals surface area contributed by atoms with Crippen molar-refractivity contribution >= 4 is 18.0 Å². The van der Waals surface area contributed by atoms with Gasteiger partial charge in [0.25, 0.3) is 0 Å². The van der Waals surface area contributed by atoms with Crippen molar-refractivity contribution in [2.75, 3.05) is 19.8 Å². The predicted molar refractivity (Wildman–Crippen MR) is 126 cm³/mol. The molecule has 0 radical (unpaired) electrons. The standard InChI is InChI=1S/C27H28N2O6/c30-25(29-15-9-10-24(29)20(11-15)26(31)32)22-12-34-14-23(22)28-27(33)35-13-21-18-7-3-1-5-16(18)17-6-2-4-8-19(17)21/h1-8,15,20-24H,9-14H2,(H,28,33)(H,31,32)/t15-,20+,22?,23?,24+/m0/s1. The molecule has 4 aliphatic rings. The zero-order valence-corrected chi connectivity index (χ0v) is 19.3. The second kappa shape index (κ2) is 8.68. The number of aliphatic carboxylic acids is 1. The highest BCUT2D eigenvalue weighted by Gasteiger charge is 2.53. The summed E-state index contributed by atoms with van der Waals surface area (Å²) in [5, 5.41) is 12.3. The average Bonchev–Trinajstić information content (AvgIpc) is 3.64. The van der Waals surface area contributed by atoms with Gasteiger partial charge >= 0.3 is 12.1 Å². The van der Waals surface area contributed by atoms with Crippen LogP contribution in [0.15, 0.2) is 48.5 Å². The lowest BCUT2D eigenvalue weighted by atomic mass is 9.89.